The van der Waals surface area contributed by atoms with Crippen molar-refractivity contribution < 1.29 is 18.0 Å². The van der Waals surface area contributed by atoms with Crippen LogP contribution in [0, 0.1) is 25.2 Å². The molecule has 2 aromatic heterocycles. The largest absolute Gasteiger partial charge is 0.416 e. The predicted molar refractivity (Wildman–Crippen MR) is 115 cm³/mol. The van der Waals surface area contributed by atoms with Crippen LogP contribution in [-0.2, 0) is 30.4 Å². The van der Waals surface area contributed by atoms with Crippen molar-refractivity contribution in [2.75, 3.05) is 5.32 Å². The van der Waals surface area contributed by atoms with Gasteiger partial charge in [0.25, 0.3) is 0 Å². The topological polar surface area (TPSA) is 83.6 Å². The average molecular weight is 462 g/mol. The Morgan fingerprint density at radius 2 is 2.09 bits per heavy atom. The van der Waals surface area contributed by atoms with Crippen LogP contribution in [0.25, 0.3) is 0 Å². The van der Waals surface area contributed by atoms with Gasteiger partial charge in [0.1, 0.15) is 0 Å². The zero-order valence-electron chi connectivity index (χ0n) is 17.7. The summed E-state index contributed by atoms with van der Waals surface area (Å²) in [4.78, 5) is 17.3. The molecule has 0 saturated carbocycles. The lowest BCUT2D eigenvalue weighted by Gasteiger charge is -2.07. The van der Waals surface area contributed by atoms with Crippen LogP contribution in [0.4, 0.5) is 18.3 Å². The van der Waals surface area contributed by atoms with E-state index in [0.717, 1.165) is 34.0 Å². The van der Waals surface area contributed by atoms with Crippen molar-refractivity contribution in [3.63, 3.8) is 0 Å². The second kappa shape index (κ2) is 9.96. The van der Waals surface area contributed by atoms with Crippen molar-refractivity contribution in [1.82, 2.24) is 14.8 Å². The normalized spacial score (nSPS) is 11.4. The number of aryl methyl sites for hydroxylation is 2. The first-order valence-electron chi connectivity index (χ1n) is 9.98. The molecule has 168 valence electrons. The van der Waals surface area contributed by atoms with Gasteiger partial charge in [0.05, 0.1) is 30.3 Å². The number of thiazole rings is 1. The van der Waals surface area contributed by atoms with Gasteiger partial charge in [-0.1, -0.05) is 18.2 Å². The lowest BCUT2D eigenvalue weighted by molar-refractivity contribution is -0.137. The number of nitrogens with one attached hydrogen (secondary N) is 1. The highest BCUT2D eigenvalue weighted by Crippen LogP contribution is 2.30. The number of benzene rings is 1. The first-order valence-corrected chi connectivity index (χ1v) is 10.8. The zero-order valence-corrected chi connectivity index (χ0v) is 18.5. The van der Waals surface area contributed by atoms with E-state index in [-0.39, 0.29) is 12.3 Å². The van der Waals surface area contributed by atoms with Crippen molar-refractivity contribution >= 4 is 22.4 Å². The van der Waals surface area contributed by atoms with Crippen molar-refractivity contribution in [2.45, 2.75) is 52.3 Å². The van der Waals surface area contributed by atoms with Gasteiger partial charge in [0.15, 0.2) is 5.13 Å². The summed E-state index contributed by atoms with van der Waals surface area (Å²) in [7, 11) is 0. The van der Waals surface area contributed by atoms with Crippen LogP contribution >= 0.6 is 11.3 Å². The summed E-state index contributed by atoms with van der Waals surface area (Å²) in [6.07, 6.45) is -1.39. The molecule has 1 N–H and O–H groups in total. The zero-order chi connectivity index (χ0) is 23.3. The molecule has 32 heavy (non-hydrogen) atoms. The van der Waals surface area contributed by atoms with Crippen molar-refractivity contribution in [2.24, 2.45) is 0 Å². The average Bonchev–Trinajstić information content (AvgIpc) is 3.27. The van der Waals surface area contributed by atoms with E-state index < -0.39 is 11.7 Å². The third-order valence-corrected chi connectivity index (χ3v) is 5.91. The molecule has 2 heterocycles. The molecule has 0 saturated heterocycles. The van der Waals surface area contributed by atoms with Crippen LogP contribution in [0.15, 0.2) is 30.5 Å². The van der Waals surface area contributed by atoms with Crippen LogP contribution < -0.4 is 5.32 Å². The van der Waals surface area contributed by atoms with E-state index in [0.29, 0.717) is 36.5 Å². The SMILES string of the molecule is Cc1nn(CCC#N)c(C)c1CCC(=O)Nc1ncc(Cc2cccc(C(F)(F)F)c2)s1. The van der Waals surface area contributed by atoms with Crippen molar-refractivity contribution in [3.8, 4) is 6.07 Å². The number of nitrogens with zero attached hydrogens (tertiary/aromatic N) is 4. The van der Waals surface area contributed by atoms with Gasteiger partial charge in [-0.15, -0.1) is 11.3 Å². The van der Waals surface area contributed by atoms with Gasteiger partial charge in [-0.3, -0.25) is 9.48 Å². The number of alkyl halides is 3. The van der Waals surface area contributed by atoms with Gasteiger partial charge in [0, 0.05) is 29.6 Å². The third-order valence-electron chi connectivity index (χ3n) is 5.00. The van der Waals surface area contributed by atoms with E-state index in [1.54, 1.807) is 16.9 Å². The number of nitriles is 1. The summed E-state index contributed by atoms with van der Waals surface area (Å²) >= 11 is 1.24. The highest BCUT2D eigenvalue weighted by Gasteiger charge is 2.30. The minimum atomic E-state index is -4.38. The molecule has 0 radical (unpaired) electrons. The first kappa shape index (κ1) is 23.5. The van der Waals surface area contributed by atoms with E-state index >= 15 is 0 Å². The van der Waals surface area contributed by atoms with Crippen LogP contribution in [0.2, 0.25) is 0 Å². The van der Waals surface area contributed by atoms with Gasteiger partial charge in [-0.25, -0.2) is 4.98 Å². The Morgan fingerprint density at radius 1 is 1.31 bits per heavy atom. The second-order valence-electron chi connectivity index (χ2n) is 7.34. The molecule has 6 nitrogen and oxygen atoms in total. The van der Waals surface area contributed by atoms with Crippen LogP contribution in [0.5, 0.6) is 0 Å². The minimum Gasteiger partial charge on any atom is -0.302 e. The van der Waals surface area contributed by atoms with Gasteiger partial charge >= 0.3 is 6.18 Å². The van der Waals surface area contributed by atoms with E-state index in [1.807, 2.05) is 13.8 Å². The van der Waals surface area contributed by atoms with Gasteiger partial charge < -0.3 is 5.32 Å². The number of hydrogen-bond donors (Lipinski definition) is 1. The molecule has 1 amide bonds. The molecular formula is C22H22F3N5OS. The number of amides is 1. The lowest BCUT2D eigenvalue weighted by Crippen LogP contribution is -2.12. The maximum absolute atomic E-state index is 12.9. The molecule has 3 aromatic rings. The summed E-state index contributed by atoms with van der Waals surface area (Å²) in [5.41, 5.74) is 2.62. The number of hydrogen-bond acceptors (Lipinski definition) is 5. The fraction of sp³-hybridized carbons (Fsp3) is 0.364. The molecule has 10 heteroatoms. The van der Waals surface area contributed by atoms with Gasteiger partial charge in [-0.2, -0.15) is 23.5 Å². The van der Waals surface area contributed by atoms with Crippen LogP contribution in [0.3, 0.4) is 0 Å². The third kappa shape index (κ3) is 5.95. The standard InChI is InChI=1S/C22H22F3N5OS/c1-14-19(15(2)30(29-14)10-4-9-26)7-8-20(31)28-21-27-13-18(32-21)12-16-5-3-6-17(11-16)22(23,24)25/h3,5-6,11,13H,4,7-8,10,12H2,1-2H3,(H,27,28,31). The quantitative estimate of drug-likeness (QED) is 0.509. The Bertz CT molecular complexity index is 1140. The number of halogens is 3. The molecule has 0 bridgehead atoms. The number of aromatic nitrogens is 3. The van der Waals surface area contributed by atoms with E-state index in [1.165, 1.54) is 17.4 Å². The number of anilines is 1. The first-order chi connectivity index (χ1) is 15.2. The lowest BCUT2D eigenvalue weighted by atomic mass is 10.1. The Balaban J connectivity index is 1.57. The van der Waals surface area contributed by atoms with Crippen LogP contribution in [-0.4, -0.2) is 20.7 Å². The highest BCUT2D eigenvalue weighted by molar-refractivity contribution is 7.15. The van der Waals surface area contributed by atoms with E-state index in [2.05, 4.69) is 21.5 Å². The monoisotopic (exact) mass is 461 g/mol. The number of carbonyl (C=O) groups excluding carboxylic acids is 1. The minimum absolute atomic E-state index is 0.200. The molecule has 0 fully saturated rings. The fourth-order valence-corrected chi connectivity index (χ4v) is 4.26. The second-order valence-corrected chi connectivity index (χ2v) is 8.45. The number of rotatable bonds is 8. The van der Waals surface area contributed by atoms with Crippen LogP contribution in [0.1, 0.15) is 45.8 Å². The van der Waals surface area contributed by atoms with Crippen molar-refractivity contribution in [3.05, 3.63) is 63.4 Å². The van der Waals surface area contributed by atoms with E-state index in [9.17, 15) is 18.0 Å². The predicted octanol–water partition coefficient (Wildman–Crippen LogP) is 5.05. The molecule has 0 aliphatic rings. The Morgan fingerprint density at radius 3 is 2.81 bits per heavy atom. The molecule has 0 spiro atoms. The molecule has 0 unspecified atom stereocenters. The Hall–Kier alpha value is -3.19. The summed E-state index contributed by atoms with van der Waals surface area (Å²) in [6, 6.07) is 7.28. The Kier molecular flexibility index (Phi) is 7.30. The Labute approximate surface area is 187 Å². The summed E-state index contributed by atoms with van der Waals surface area (Å²) in [5.74, 6) is -0.200. The molecular weight excluding hydrogens is 439 g/mol. The summed E-state index contributed by atoms with van der Waals surface area (Å²) < 4.78 is 40.4. The number of carbonyl (C=O) groups is 1. The molecule has 3 rings (SSSR count). The summed E-state index contributed by atoms with van der Waals surface area (Å²) in [6.45, 7) is 4.32. The van der Waals surface area contributed by atoms with Gasteiger partial charge in [0.2, 0.25) is 5.91 Å². The summed E-state index contributed by atoms with van der Waals surface area (Å²) in [5, 5.41) is 16.3. The maximum atomic E-state index is 12.9. The maximum Gasteiger partial charge on any atom is 0.416 e. The van der Waals surface area contributed by atoms with E-state index in [4.69, 9.17) is 5.26 Å². The van der Waals surface area contributed by atoms with Crippen molar-refractivity contribution in [1.29, 1.82) is 5.26 Å². The smallest absolute Gasteiger partial charge is 0.302 e. The molecule has 0 aliphatic heterocycles. The molecule has 0 aliphatic carbocycles. The highest BCUT2D eigenvalue weighted by atomic mass is 32.1. The van der Waals surface area contributed by atoms with Gasteiger partial charge in [-0.05, 0) is 37.5 Å². The molecule has 1 aromatic carbocycles. The fourth-order valence-electron chi connectivity index (χ4n) is 3.40. The molecule has 0 atom stereocenters.